The molecule has 0 bridgehead atoms. The number of aromatic nitrogens is 2. The van der Waals surface area contributed by atoms with E-state index in [2.05, 4.69) is 48.1 Å². The van der Waals surface area contributed by atoms with Gasteiger partial charge in [0.2, 0.25) is 5.90 Å². The summed E-state index contributed by atoms with van der Waals surface area (Å²) in [5.74, 6) is 1.12. The van der Waals surface area contributed by atoms with Crippen molar-refractivity contribution in [1.29, 1.82) is 0 Å². The fourth-order valence-electron chi connectivity index (χ4n) is 2.71. The first-order valence-electron chi connectivity index (χ1n) is 7.58. The molecule has 1 aliphatic heterocycles. The minimum absolute atomic E-state index is 0.220. The highest BCUT2D eigenvalue weighted by atomic mass is 16.5. The van der Waals surface area contributed by atoms with E-state index in [0.29, 0.717) is 18.4 Å². The maximum atomic E-state index is 5.74. The summed E-state index contributed by atoms with van der Waals surface area (Å²) >= 11 is 0. The topological polar surface area (TPSA) is 47.4 Å². The third-order valence-corrected chi connectivity index (χ3v) is 4.09. The van der Waals surface area contributed by atoms with E-state index >= 15 is 0 Å². The number of benzene rings is 1. The number of aliphatic imine (C=N–C) groups is 1. The summed E-state index contributed by atoms with van der Waals surface area (Å²) in [6.07, 6.45) is 1.80. The molecule has 4 heteroatoms. The Kier molecular flexibility index (Phi) is 3.03. The highest BCUT2D eigenvalue weighted by molar-refractivity contribution is 6.04. The van der Waals surface area contributed by atoms with Crippen LogP contribution in [0.25, 0.3) is 21.8 Å². The normalized spacial score (nSPS) is 18.0. The van der Waals surface area contributed by atoms with Crippen molar-refractivity contribution in [2.24, 2.45) is 10.9 Å². The quantitative estimate of drug-likeness (QED) is 0.678. The van der Waals surface area contributed by atoms with Crippen LogP contribution < -0.4 is 0 Å². The van der Waals surface area contributed by atoms with Gasteiger partial charge in [0.15, 0.2) is 0 Å². The number of fused-ring (bicyclic) bond motifs is 3. The molecule has 0 fully saturated rings. The Bertz CT molecular complexity index is 886. The zero-order chi connectivity index (χ0) is 15.1. The maximum absolute atomic E-state index is 5.74. The second-order valence-corrected chi connectivity index (χ2v) is 5.97. The Morgan fingerprint density at radius 1 is 1.05 bits per heavy atom. The number of hydrogen-bond donors (Lipinski definition) is 0. The Labute approximate surface area is 128 Å². The molecule has 22 heavy (non-hydrogen) atoms. The van der Waals surface area contributed by atoms with Crippen molar-refractivity contribution in [1.82, 2.24) is 9.97 Å². The Balaban J connectivity index is 1.87. The first-order valence-corrected chi connectivity index (χ1v) is 7.58. The molecule has 1 aromatic carbocycles. The van der Waals surface area contributed by atoms with Crippen molar-refractivity contribution in [3.63, 3.8) is 0 Å². The highest BCUT2D eigenvalue weighted by Gasteiger charge is 2.23. The molecular weight excluding hydrogens is 274 g/mol. The highest BCUT2D eigenvalue weighted by Crippen LogP contribution is 2.23. The first kappa shape index (κ1) is 13.2. The van der Waals surface area contributed by atoms with Crippen molar-refractivity contribution in [3.05, 3.63) is 48.3 Å². The molecule has 1 atom stereocenters. The maximum Gasteiger partial charge on any atom is 0.235 e. The van der Waals surface area contributed by atoms with Crippen LogP contribution in [0.15, 0.2) is 47.6 Å². The molecule has 4 nitrogen and oxygen atoms in total. The van der Waals surface area contributed by atoms with Crippen molar-refractivity contribution < 1.29 is 4.74 Å². The molecular formula is C18H17N3O. The van der Waals surface area contributed by atoms with Crippen LogP contribution in [0.5, 0.6) is 0 Å². The van der Waals surface area contributed by atoms with E-state index in [4.69, 9.17) is 9.72 Å². The summed E-state index contributed by atoms with van der Waals surface area (Å²) < 4.78 is 5.74. The van der Waals surface area contributed by atoms with Crippen LogP contribution in [0.1, 0.15) is 19.5 Å². The van der Waals surface area contributed by atoms with Gasteiger partial charge >= 0.3 is 0 Å². The predicted octanol–water partition coefficient (Wildman–Crippen LogP) is 3.58. The van der Waals surface area contributed by atoms with Crippen molar-refractivity contribution in [3.8, 4) is 0 Å². The molecule has 1 unspecified atom stereocenters. The third kappa shape index (κ3) is 2.11. The average Bonchev–Trinajstić information content (AvgIpc) is 3.04. The molecule has 2 aromatic heterocycles. The van der Waals surface area contributed by atoms with Gasteiger partial charge in [0.05, 0.1) is 17.1 Å². The van der Waals surface area contributed by atoms with E-state index in [9.17, 15) is 0 Å². The van der Waals surface area contributed by atoms with Crippen LogP contribution in [-0.4, -0.2) is 28.5 Å². The van der Waals surface area contributed by atoms with Crippen LogP contribution in [0.3, 0.4) is 0 Å². The molecule has 1 aliphatic rings. The monoisotopic (exact) mass is 291 g/mol. The van der Waals surface area contributed by atoms with Crippen molar-refractivity contribution in [2.45, 2.75) is 19.9 Å². The predicted molar refractivity (Wildman–Crippen MR) is 88.2 cm³/mol. The third-order valence-electron chi connectivity index (χ3n) is 4.09. The van der Waals surface area contributed by atoms with E-state index in [-0.39, 0.29) is 6.04 Å². The number of pyridine rings is 2. The Morgan fingerprint density at radius 2 is 1.82 bits per heavy atom. The van der Waals surface area contributed by atoms with Gasteiger partial charge in [0, 0.05) is 17.0 Å². The van der Waals surface area contributed by atoms with Crippen molar-refractivity contribution >= 4 is 27.7 Å². The van der Waals surface area contributed by atoms with Gasteiger partial charge in [0.25, 0.3) is 0 Å². The molecule has 0 amide bonds. The molecule has 3 heterocycles. The Morgan fingerprint density at radius 3 is 2.59 bits per heavy atom. The van der Waals surface area contributed by atoms with Gasteiger partial charge in [0.1, 0.15) is 12.3 Å². The lowest BCUT2D eigenvalue weighted by atomic mass is 10.1. The fourth-order valence-corrected chi connectivity index (χ4v) is 2.71. The molecule has 0 radical (unpaired) electrons. The number of ether oxygens (including phenoxy) is 1. The lowest BCUT2D eigenvalue weighted by molar-refractivity contribution is 0.291. The van der Waals surface area contributed by atoms with Crippen molar-refractivity contribution in [2.75, 3.05) is 6.61 Å². The lowest BCUT2D eigenvalue weighted by Crippen LogP contribution is -2.13. The van der Waals surface area contributed by atoms with Gasteiger partial charge in [-0.15, -0.1) is 0 Å². The lowest BCUT2D eigenvalue weighted by Gasteiger charge is -2.06. The van der Waals surface area contributed by atoms with Gasteiger partial charge in [-0.1, -0.05) is 38.1 Å². The molecule has 4 rings (SSSR count). The van der Waals surface area contributed by atoms with Crippen LogP contribution in [-0.2, 0) is 4.74 Å². The molecule has 0 spiro atoms. The summed E-state index contributed by atoms with van der Waals surface area (Å²) in [6, 6.07) is 12.4. The molecule has 110 valence electrons. The summed E-state index contributed by atoms with van der Waals surface area (Å²) in [7, 11) is 0. The summed E-state index contributed by atoms with van der Waals surface area (Å²) in [5, 5.41) is 2.17. The van der Waals surface area contributed by atoms with Gasteiger partial charge in [-0.05, 0) is 18.1 Å². The summed E-state index contributed by atoms with van der Waals surface area (Å²) in [6.45, 7) is 4.96. The number of nitrogens with zero attached hydrogens (tertiary/aromatic N) is 3. The zero-order valence-corrected chi connectivity index (χ0v) is 12.7. The van der Waals surface area contributed by atoms with Crippen LogP contribution in [0.4, 0.5) is 0 Å². The minimum atomic E-state index is 0.220. The molecule has 0 saturated heterocycles. The molecule has 3 aromatic rings. The van der Waals surface area contributed by atoms with E-state index in [0.717, 1.165) is 27.5 Å². The Hall–Kier alpha value is -2.49. The molecule has 0 N–H and O–H groups in total. The summed E-state index contributed by atoms with van der Waals surface area (Å²) in [5.41, 5.74) is 2.60. The molecule has 0 saturated carbocycles. The largest absolute Gasteiger partial charge is 0.474 e. The van der Waals surface area contributed by atoms with Gasteiger partial charge in [-0.25, -0.2) is 9.98 Å². The SMILES string of the molecule is CC(C)C1COC(c2ccc3ccc4cccnc4c3n2)=N1. The van der Waals surface area contributed by atoms with Crippen LogP contribution in [0, 0.1) is 5.92 Å². The standard InChI is InChI=1S/C18H17N3O/c1-11(2)15-10-22-18(21-15)14-8-7-13-6-5-12-4-3-9-19-16(12)17(13)20-14/h3-9,11,15H,10H2,1-2H3. The van der Waals surface area contributed by atoms with Gasteiger partial charge in [-0.2, -0.15) is 0 Å². The second kappa shape index (κ2) is 5.05. The van der Waals surface area contributed by atoms with Crippen LogP contribution in [0.2, 0.25) is 0 Å². The average molecular weight is 291 g/mol. The second-order valence-electron chi connectivity index (χ2n) is 5.97. The molecule has 0 aliphatic carbocycles. The van der Waals surface area contributed by atoms with E-state index < -0.39 is 0 Å². The van der Waals surface area contributed by atoms with E-state index in [1.807, 2.05) is 12.1 Å². The van der Waals surface area contributed by atoms with E-state index in [1.165, 1.54) is 0 Å². The van der Waals surface area contributed by atoms with Gasteiger partial charge in [-0.3, -0.25) is 4.98 Å². The smallest absolute Gasteiger partial charge is 0.235 e. The first-order chi connectivity index (χ1) is 10.7. The van der Waals surface area contributed by atoms with Crippen LogP contribution >= 0.6 is 0 Å². The minimum Gasteiger partial charge on any atom is -0.474 e. The zero-order valence-electron chi connectivity index (χ0n) is 12.7. The number of rotatable bonds is 2. The number of hydrogen-bond acceptors (Lipinski definition) is 4. The van der Waals surface area contributed by atoms with E-state index in [1.54, 1.807) is 6.20 Å². The summed E-state index contributed by atoms with van der Waals surface area (Å²) in [4.78, 5) is 13.9. The fraction of sp³-hybridized carbons (Fsp3) is 0.278. The van der Waals surface area contributed by atoms with Gasteiger partial charge < -0.3 is 4.74 Å².